The molecule has 3 aromatic rings. The van der Waals surface area contributed by atoms with E-state index < -0.39 is 11.9 Å². The van der Waals surface area contributed by atoms with E-state index in [4.69, 9.17) is 16.3 Å². The first-order valence-electron chi connectivity index (χ1n) is 8.41. The standard InChI is InChI=1S/C18H15ClF3N5O/c1-26-10-14(18(20,21)22)24-15(26)12-4-2-11(3-5-12)9-27-6-7-28-13-8-23-17(19)25-16(13)27/h2-5,8,10H,6-7,9H2,1H3. The highest BCUT2D eigenvalue weighted by Gasteiger charge is 2.34. The van der Waals surface area contributed by atoms with Crippen LogP contribution in [-0.4, -0.2) is 32.7 Å². The van der Waals surface area contributed by atoms with Crippen LogP contribution in [0.2, 0.25) is 5.28 Å². The van der Waals surface area contributed by atoms with Crippen LogP contribution in [0.4, 0.5) is 19.0 Å². The van der Waals surface area contributed by atoms with E-state index in [0.29, 0.717) is 36.8 Å². The summed E-state index contributed by atoms with van der Waals surface area (Å²) in [7, 11) is 1.54. The molecule has 146 valence electrons. The van der Waals surface area contributed by atoms with E-state index in [-0.39, 0.29) is 11.1 Å². The van der Waals surface area contributed by atoms with Crippen molar-refractivity contribution in [2.45, 2.75) is 12.7 Å². The van der Waals surface area contributed by atoms with Crippen LogP contribution in [-0.2, 0) is 19.8 Å². The number of hydrogen-bond acceptors (Lipinski definition) is 5. The van der Waals surface area contributed by atoms with Gasteiger partial charge in [0.05, 0.1) is 12.7 Å². The number of imidazole rings is 1. The van der Waals surface area contributed by atoms with Gasteiger partial charge in [0.1, 0.15) is 12.4 Å². The first-order chi connectivity index (χ1) is 13.3. The minimum absolute atomic E-state index is 0.139. The van der Waals surface area contributed by atoms with Gasteiger partial charge in [-0.1, -0.05) is 24.3 Å². The quantitative estimate of drug-likeness (QED) is 0.613. The van der Waals surface area contributed by atoms with Gasteiger partial charge in [-0.3, -0.25) is 0 Å². The number of rotatable bonds is 3. The first-order valence-corrected chi connectivity index (χ1v) is 8.79. The molecule has 0 fully saturated rings. The van der Waals surface area contributed by atoms with Gasteiger partial charge < -0.3 is 14.2 Å². The summed E-state index contributed by atoms with van der Waals surface area (Å²) in [5, 5.41) is 0.139. The summed E-state index contributed by atoms with van der Waals surface area (Å²) in [5.74, 6) is 1.45. The van der Waals surface area contributed by atoms with Gasteiger partial charge in [0.15, 0.2) is 17.3 Å². The van der Waals surface area contributed by atoms with Crippen molar-refractivity contribution in [3.05, 3.63) is 53.2 Å². The fourth-order valence-electron chi connectivity index (χ4n) is 3.05. The van der Waals surface area contributed by atoms with E-state index in [1.165, 1.54) is 4.57 Å². The summed E-state index contributed by atoms with van der Waals surface area (Å²) in [4.78, 5) is 13.9. The zero-order valence-corrected chi connectivity index (χ0v) is 15.5. The van der Waals surface area contributed by atoms with Crippen molar-refractivity contribution in [2.24, 2.45) is 7.05 Å². The van der Waals surface area contributed by atoms with Crippen molar-refractivity contribution >= 4 is 17.4 Å². The third kappa shape index (κ3) is 3.62. The van der Waals surface area contributed by atoms with Gasteiger partial charge in [0, 0.05) is 25.4 Å². The molecule has 6 nitrogen and oxygen atoms in total. The van der Waals surface area contributed by atoms with Crippen LogP contribution in [0.25, 0.3) is 11.4 Å². The molecule has 0 aliphatic carbocycles. The van der Waals surface area contributed by atoms with Crippen molar-refractivity contribution in [3.63, 3.8) is 0 Å². The maximum Gasteiger partial charge on any atom is 0.434 e. The van der Waals surface area contributed by atoms with E-state index >= 15 is 0 Å². The Bertz CT molecular complexity index is 1000. The SMILES string of the molecule is Cn1cc(C(F)(F)F)nc1-c1ccc(CN2CCOc3cnc(Cl)nc32)cc1. The summed E-state index contributed by atoms with van der Waals surface area (Å²) in [6.07, 6.45) is -1.95. The lowest BCUT2D eigenvalue weighted by atomic mass is 10.1. The molecule has 0 radical (unpaired) electrons. The second-order valence-electron chi connectivity index (χ2n) is 6.35. The number of nitrogens with zero attached hydrogens (tertiary/aromatic N) is 5. The molecule has 0 amide bonds. The molecule has 0 atom stereocenters. The van der Waals surface area contributed by atoms with Crippen LogP contribution in [0.5, 0.6) is 5.75 Å². The fourth-order valence-corrected chi connectivity index (χ4v) is 3.17. The summed E-state index contributed by atoms with van der Waals surface area (Å²) < 4.78 is 45.5. The molecule has 1 aliphatic heterocycles. The number of fused-ring (bicyclic) bond motifs is 1. The molecule has 0 unspecified atom stereocenters. The number of aryl methyl sites for hydroxylation is 1. The Morgan fingerprint density at radius 1 is 1.18 bits per heavy atom. The minimum atomic E-state index is -4.47. The Balaban J connectivity index is 1.56. The van der Waals surface area contributed by atoms with E-state index in [9.17, 15) is 13.2 Å². The number of aromatic nitrogens is 4. The van der Waals surface area contributed by atoms with Crippen molar-refractivity contribution < 1.29 is 17.9 Å². The van der Waals surface area contributed by atoms with Crippen LogP contribution >= 0.6 is 11.6 Å². The highest BCUT2D eigenvalue weighted by molar-refractivity contribution is 6.28. The normalized spacial score (nSPS) is 14.0. The summed E-state index contributed by atoms with van der Waals surface area (Å²) in [5.41, 5.74) is 0.668. The van der Waals surface area contributed by atoms with Crippen LogP contribution < -0.4 is 9.64 Å². The third-order valence-corrected chi connectivity index (χ3v) is 4.56. The molecule has 0 bridgehead atoms. The summed E-state index contributed by atoms with van der Waals surface area (Å²) >= 11 is 5.89. The van der Waals surface area contributed by atoms with Crippen molar-refractivity contribution in [3.8, 4) is 17.1 Å². The predicted molar refractivity (Wildman–Crippen MR) is 97.2 cm³/mol. The van der Waals surface area contributed by atoms with E-state index in [1.807, 2.05) is 17.0 Å². The van der Waals surface area contributed by atoms with Gasteiger partial charge in [-0.05, 0) is 17.2 Å². The van der Waals surface area contributed by atoms with Crippen LogP contribution in [0.1, 0.15) is 11.3 Å². The first kappa shape index (κ1) is 18.5. The zero-order chi connectivity index (χ0) is 19.9. The lowest BCUT2D eigenvalue weighted by Gasteiger charge is -2.29. The summed E-state index contributed by atoms with van der Waals surface area (Å²) in [6.45, 7) is 1.69. The minimum Gasteiger partial charge on any atom is -0.486 e. The number of anilines is 1. The Morgan fingerprint density at radius 3 is 2.61 bits per heavy atom. The monoisotopic (exact) mass is 409 g/mol. The second-order valence-corrected chi connectivity index (χ2v) is 6.69. The predicted octanol–water partition coefficient (Wildman–Crippen LogP) is 3.95. The highest BCUT2D eigenvalue weighted by Crippen LogP contribution is 2.32. The van der Waals surface area contributed by atoms with Gasteiger partial charge in [-0.15, -0.1) is 0 Å². The molecular weight excluding hydrogens is 395 g/mol. The third-order valence-electron chi connectivity index (χ3n) is 4.38. The lowest BCUT2D eigenvalue weighted by molar-refractivity contribution is -0.140. The van der Waals surface area contributed by atoms with Gasteiger partial charge in [-0.2, -0.15) is 18.2 Å². The molecule has 3 heterocycles. The molecule has 1 aromatic carbocycles. The van der Waals surface area contributed by atoms with Gasteiger partial charge in [0.25, 0.3) is 0 Å². The smallest absolute Gasteiger partial charge is 0.434 e. The zero-order valence-electron chi connectivity index (χ0n) is 14.7. The van der Waals surface area contributed by atoms with Crippen LogP contribution in [0.3, 0.4) is 0 Å². The topological polar surface area (TPSA) is 56.1 Å². The molecule has 0 saturated heterocycles. The Hall–Kier alpha value is -2.81. The molecular formula is C18H15ClF3N5O. The van der Waals surface area contributed by atoms with Crippen LogP contribution in [0, 0.1) is 0 Å². The maximum absolute atomic E-state index is 12.9. The maximum atomic E-state index is 12.9. The Kier molecular flexibility index (Phi) is 4.62. The fraction of sp³-hybridized carbons (Fsp3) is 0.278. The number of ether oxygens (including phenoxy) is 1. The molecule has 4 rings (SSSR count). The van der Waals surface area contributed by atoms with Gasteiger partial charge in [-0.25, -0.2) is 9.97 Å². The average molecular weight is 410 g/mol. The van der Waals surface area contributed by atoms with Crippen LogP contribution in [0.15, 0.2) is 36.7 Å². The Labute approximate surface area is 163 Å². The number of alkyl halides is 3. The van der Waals surface area contributed by atoms with Gasteiger partial charge >= 0.3 is 6.18 Å². The molecule has 0 N–H and O–H groups in total. The molecule has 0 saturated carbocycles. The highest BCUT2D eigenvalue weighted by atomic mass is 35.5. The van der Waals surface area contributed by atoms with Gasteiger partial charge in [0.2, 0.25) is 5.28 Å². The molecule has 2 aromatic heterocycles. The van der Waals surface area contributed by atoms with Crippen molar-refractivity contribution in [1.29, 1.82) is 0 Å². The van der Waals surface area contributed by atoms with Crippen molar-refractivity contribution in [1.82, 2.24) is 19.5 Å². The lowest BCUT2D eigenvalue weighted by Crippen LogP contribution is -2.33. The Morgan fingerprint density at radius 2 is 1.93 bits per heavy atom. The van der Waals surface area contributed by atoms with E-state index in [0.717, 1.165) is 11.8 Å². The number of benzene rings is 1. The second kappa shape index (κ2) is 6.97. The number of hydrogen-bond donors (Lipinski definition) is 0. The summed E-state index contributed by atoms with van der Waals surface area (Å²) in [6, 6.07) is 7.22. The number of halogens is 4. The van der Waals surface area contributed by atoms with E-state index in [2.05, 4.69) is 15.0 Å². The molecule has 28 heavy (non-hydrogen) atoms. The van der Waals surface area contributed by atoms with E-state index in [1.54, 1.807) is 25.4 Å². The molecule has 1 aliphatic rings. The molecule has 10 heteroatoms. The van der Waals surface area contributed by atoms with Crippen molar-refractivity contribution in [2.75, 3.05) is 18.1 Å². The largest absolute Gasteiger partial charge is 0.486 e. The molecule has 0 spiro atoms. The average Bonchev–Trinajstić information content (AvgIpc) is 3.05.